The number of carboxylic acids is 1. The average molecular weight is 266 g/mol. The molecule has 0 saturated carbocycles. The Morgan fingerprint density at radius 2 is 1.78 bits per heavy atom. The number of halogens is 2. The zero-order valence-electron chi connectivity index (χ0n) is 9.15. The second kappa shape index (κ2) is 5.06. The molecule has 2 aromatic rings. The minimum Gasteiger partial charge on any atom is -0.478 e. The predicted molar refractivity (Wildman–Crippen MR) is 68.1 cm³/mol. The molecule has 0 radical (unpaired) electrons. The molecule has 0 aliphatic heterocycles. The van der Waals surface area contributed by atoms with Crippen LogP contribution >= 0.6 is 11.6 Å². The first-order valence-corrected chi connectivity index (χ1v) is 5.51. The number of carboxylic acid groups (broad SMARTS) is 1. The molecule has 0 bridgehead atoms. The normalized spacial score (nSPS) is 10.1. The summed E-state index contributed by atoms with van der Waals surface area (Å²) in [4.78, 5) is 11.0. The van der Waals surface area contributed by atoms with Gasteiger partial charge in [0.25, 0.3) is 0 Å². The molecule has 0 spiro atoms. The van der Waals surface area contributed by atoms with Crippen molar-refractivity contribution in [3.8, 4) is 0 Å². The second-order valence-electron chi connectivity index (χ2n) is 3.58. The largest absolute Gasteiger partial charge is 0.478 e. The van der Waals surface area contributed by atoms with Gasteiger partial charge in [-0.3, -0.25) is 0 Å². The number of aromatic carboxylic acids is 1. The third kappa shape index (κ3) is 2.43. The Labute approximate surface area is 108 Å². The van der Waals surface area contributed by atoms with Crippen LogP contribution in [0.1, 0.15) is 10.4 Å². The van der Waals surface area contributed by atoms with Crippen molar-refractivity contribution in [3.05, 3.63) is 58.9 Å². The average Bonchev–Trinajstić information content (AvgIpc) is 2.35. The van der Waals surface area contributed by atoms with Gasteiger partial charge in [0.2, 0.25) is 0 Å². The topological polar surface area (TPSA) is 49.3 Å². The molecule has 0 aliphatic rings. The van der Waals surface area contributed by atoms with Crippen molar-refractivity contribution >= 4 is 28.9 Å². The van der Waals surface area contributed by atoms with Crippen LogP contribution in [0.4, 0.5) is 15.8 Å². The SMILES string of the molecule is O=C(O)c1ccccc1Nc1cccc(Cl)c1F. The molecule has 18 heavy (non-hydrogen) atoms. The fraction of sp³-hybridized carbons (Fsp3) is 0. The molecule has 0 unspecified atom stereocenters. The van der Waals surface area contributed by atoms with E-state index in [9.17, 15) is 9.18 Å². The molecular formula is C13H9ClFNO2. The molecule has 2 aromatic carbocycles. The molecule has 0 fully saturated rings. The summed E-state index contributed by atoms with van der Waals surface area (Å²) < 4.78 is 13.7. The quantitative estimate of drug-likeness (QED) is 0.884. The Morgan fingerprint density at radius 1 is 1.11 bits per heavy atom. The van der Waals surface area contributed by atoms with E-state index < -0.39 is 11.8 Å². The first kappa shape index (κ1) is 12.4. The Balaban J connectivity index is 2.40. The van der Waals surface area contributed by atoms with Crippen LogP contribution in [-0.2, 0) is 0 Å². The molecule has 0 saturated heterocycles. The Morgan fingerprint density at radius 3 is 2.50 bits per heavy atom. The highest BCUT2D eigenvalue weighted by Crippen LogP contribution is 2.26. The van der Waals surface area contributed by atoms with E-state index in [2.05, 4.69) is 5.32 Å². The summed E-state index contributed by atoms with van der Waals surface area (Å²) >= 11 is 5.65. The van der Waals surface area contributed by atoms with Crippen LogP contribution in [0.2, 0.25) is 5.02 Å². The van der Waals surface area contributed by atoms with Gasteiger partial charge < -0.3 is 10.4 Å². The maximum atomic E-state index is 13.7. The molecule has 2 rings (SSSR count). The van der Waals surface area contributed by atoms with Gasteiger partial charge in [-0.25, -0.2) is 9.18 Å². The predicted octanol–water partition coefficient (Wildman–Crippen LogP) is 3.92. The van der Waals surface area contributed by atoms with Crippen molar-refractivity contribution in [1.82, 2.24) is 0 Å². The molecule has 0 heterocycles. The van der Waals surface area contributed by atoms with E-state index in [1.807, 2.05) is 0 Å². The number of nitrogens with one attached hydrogen (secondary N) is 1. The molecule has 92 valence electrons. The van der Waals surface area contributed by atoms with Gasteiger partial charge >= 0.3 is 5.97 Å². The summed E-state index contributed by atoms with van der Waals surface area (Å²) in [5.74, 6) is -1.69. The number of rotatable bonds is 3. The molecular weight excluding hydrogens is 257 g/mol. The van der Waals surface area contributed by atoms with Gasteiger partial charge in [0.15, 0.2) is 5.82 Å². The maximum Gasteiger partial charge on any atom is 0.337 e. The van der Waals surface area contributed by atoms with Gasteiger partial charge in [0.05, 0.1) is 22.0 Å². The minimum atomic E-state index is -1.08. The summed E-state index contributed by atoms with van der Waals surface area (Å²) in [6.07, 6.45) is 0. The minimum absolute atomic E-state index is 0.0205. The lowest BCUT2D eigenvalue weighted by molar-refractivity contribution is 0.0698. The molecule has 5 heteroatoms. The van der Waals surface area contributed by atoms with Crippen LogP contribution in [0.3, 0.4) is 0 Å². The Hall–Kier alpha value is -2.07. The van der Waals surface area contributed by atoms with Crippen LogP contribution in [0.25, 0.3) is 0 Å². The van der Waals surface area contributed by atoms with Gasteiger partial charge in [-0.1, -0.05) is 29.8 Å². The zero-order valence-corrected chi connectivity index (χ0v) is 9.91. The third-order valence-corrected chi connectivity index (χ3v) is 2.67. The van der Waals surface area contributed by atoms with E-state index >= 15 is 0 Å². The summed E-state index contributed by atoms with van der Waals surface area (Å²) in [7, 11) is 0. The first-order chi connectivity index (χ1) is 8.59. The van der Waals surface area contributed by atoms with E-state index in [-0.39, 0.29) is 16.3 Å². The number of benzene rings is 2. The fourth-order valence-corrected chi connectivity index (χ4v) is 1.70. The maximum absolute atomic E-state index is 13.7. The fourth-order valence-electron chi connectivity index (χ4n) is 1.52. The molecule has 2 N–H and O–H groups in total. The van der Waals surface area contributed by atoms with E-state index in [0.29, 0.717) is 5.69 Å². The first-order valence-electron chi connectivity index (χ1n) is 5.13. The summed E-state index contributed by atoms with van der Waals surface area (Å²) in [5.41, 5.74) is 0.513. The zero-order chi connectivity index (χ0) is 13.1. The van der Waals surface area contributed by atoms with Crippen molar-refractivity contribution in [2.75, 3.05) is 5.32 Å². The number of para-hydroxylation sites is 1. The van der Waals surface area contributed by atoms with Crippen molar-refractivity contribution in [3.63, 3.8) is 0 Å². The summed E-state index contributed by atoms with van der Waals surface area (Å²) in [6.45, 7) is 0. The second-order valence-corrected chi connectivity index (χ2v) is 3.98. The molecule has 0 aromatic heterocycles. The van der Waals surface area contributed by atoms with Crippen LogP contribution in [0, 0.1) is 5.82 Å². The van der Waals surface area contributed by atoms with Gasteiger partial charge in [-0.15, -0.1) is 0 Å². The van der Waals surface area contributed by atoms with E-state index in [1.54, 1.807) is 24.3 Å². The third-order valence-electron chi connectivity index (χ3n) is 2.38. The molecule has 3 nitrogen and oxygen atoms in total. The van der Waals surface area contributed by atoms with Gasteiger partial charge in [0.1, 0.15) is 0 Å². The van der Waals surface area contributed by atoms with Crippen molar-refractivity contribution in [2.24, 2.45) is 0 Å². The van der Waals surface area contributed by atoms with E-state index in [0.717, 1.165) is 0 Å². The van der Waals surface area contributed by atoms with Gasteiger partial charge in [0, 0.05) is 0 Å². The number of hydrogen-bond donors (Lipinski definition) is 2. The summed E-state index contributed by atoms with van der Waals surface area (Å²) in [5, 5.41) is 11.7. The van der Waals surface area contributed by atoms with Crippen LogP contribution in [0.15, 0.2) is 42.5 Å². The number of carbonyl (C=O) groups is 1. The monoisotopic (exact) mass is 265 g/mol. The van der Waals surface area contributed by atoms with Crippen LogP contribution in [-0.4, -0.2) is 11.1 Å². The molecule has 0 aliphatic carbocycles. The Kier molecular flexibility index (Phi) is 3.48. The van der Waals surface area contributed by atoms with E-state index in [1.165, 1.54) is 18.2 Å². The van der Waals surface area contributed by atoms with Gasteiger partial charge in [-0.05, 0) is 24.3 Å². The number of anilines is 2. The molecule has 0 amide bonds. The van der Waals surface area contributed by atoms with Crippen LogP contribution in [0.5, 0.6) is 0 Å². The van der Waals surface area contributed by atoms with Crippen LogP contribution < -0.4 is 5.32 Å². The molecule has 0 atom stereocenters. The lowest BCUT2D eigenvalue weighted by atomic mass is 10.1. The van der Waals surface area contributed by atoms with Crippen molar-refractivity contribution in [1.29, 1.82) is 0 Å². The van der Waals surface area contributed by atoms with Crippen molar-refractivity contribution < 1.29 is 14.3 Å². The summed E-state index contributed by atoms with van der Waals surface area (Å²) in [6, 6.07) is 10.7. The van der Waals surface area contributed by atoms with Crippen molar-refractivity contribution in [2.45, 2.75) is 0 Å². The van der Waals surface area contributed by atoms with E-state index in [4.69, 9.17) is 16.7 Å². The lowest BCUT2D eigenvalue weighted by Gasteiger charge is -2.10. The standard InChI is InChI=1S/C13H9ClFNO2/c14-9-5-3-7-11(12(9)15)16-10-6-2-1-4-8(10)13(17)18/h1-7,16H,(H,17,18). The highest BCUT2D eigenvalue weighted by molar-refractivity contribution is 6.31. The Bertz CT molecular complexity index is 601. The highest BCUT2D eigenvalue weighted by Gasteiger charge is 2.11. The van der Waals surface area contributed by atoms with Gasteiger partial charge in [-0.2, -0.15) is 0 Å². The highest BCUT2D eigenvalue weighted by atomic mass is 35.5. The smallest absolute Gasteiger partial charge is 0.337 e. The lowest BCUT2D eigenvalue weighted by Crippen LogP contribution is -2.03. The number of hydrogen-bond acceptors (Lipinski definition) is 2.